The van der Waals surface area contributed by atoms with Crippen LogP contribution >= 0.6 is 0 Å². The lowest BCUT2D eigenvalue weighted by molar-refractivity contribution is -0.384. The van der Waals surface area contributed by atoms with E-state index in [0.717, 1.165) is 25.1 Å². The summed E-state index contributed by atoms with van der Waals surface area (Å²) in [6.45, 7) is 7.73. The summed E-state index contributed by atoms with van der Waals surface area (Å²) >= 11 is 0. The van der Waals surface area contributed by atoms with Crippen molar-refractivity contribution in [3.8, 4) is 0 Å². The Bertz CT molecular complexity index is 903. The number of nitrogens with zero attached hydrogens (tertiary/aromatic N) is 2. The number of nitro benzene ring substituents is 1. The zero-order chi connectivity index (χ0) is 20.4. The molecule has 0 aliphatic carbocycles. The molecule has 2 unspecified atom stereocenters. The Balaban J connectivity index is 1.89. The van der Waals surface area contributed by atoms with Crippen molar-refractivity contribution in [1.82, 2.24) is 0 Å². The van der Waals surface area contributed by atoms with E-state index in [0.29, 0.717) is 28.9 Å². The molecule has 1 saturated heterocycles. The van der Waals surface area contributed by atoms with Gasteiger partial charge in [0.15, 0.2) is 0 Å². The van der Waals surface area contributed by atoms with Gasteiger partial charge in [-0.2, -0.15) is 0 Å². The standard InChI is InChI=1S/C21H26N4O3/c1-13-8-14(2)12-24(11-13)19-7-5-16(9-20(19)25(27)28)21(26)23-18-10-17(22)6-4-15(18)3/h4-7,9-10,13-14H,8,11-12,22H2,1-3H3,(H,23,26). The van der Waals surface area contributed by atoms with Crippen LogP contribution < -0.4 is 16.0 Å². The predicted octanol–water partition coefficient (Wildman–Crippen LogP) is 4.22. The van der Waals surface area contributed by atoms with Gasteiger partial charge in [0.05, 0.1) is 4.92 Å². The summed E-state index contributed by atoms with van der Waals surface area (Å²) in [6.07, 6.45) is 1.12. The molecule has 1 amide bonds. The molecule has 0 saturated carbocycles. The van der Waals surface area contributed by atoms with Crippen LogP contribution in [0.1, 0.15) is 36.2 Å². The van der Waals surface area contributed by atoms with Gasteiger partial charge in [-0.15, -0.1) is 0 Å². The Morgan fingerprint density at radius 3 is 2.50 bits per heavy atom. The van der Waals surface area contributed by atoms with Crippen molar-refractivity contribution < 1.29 is 9.72 Å². The van der Waals surface area contributed by atoms with Crippen LogP contribution in [0.15, 0.2) is 36.4 Å². The highest BCUT2D eigenvalue weighted by Crippen LogP contribution is 2.34. The van der Waals surface area contributed by atoms with Crippen LogP contribution in [-0.4, -0.2) is 23.9 Å². The third-order valence-corrected chi connectivity index (χ3v) is 5.15. The van der Waals surface area contributed by atoms with Gasteiger partial charge in [0.2, 0.25) is 0 Å². The lowest BCUT2D eigenvalue weighted by atomic mass is 9.91. The quantitative estimate of drug-likeness (QED) is 0.468. The molecule has 0 spiro atoms. The number of nitrogens with one attached hydrogen (secondary N) is 1. The molecule has 0 aromatic heterocycles. The third-order valence-electron chi connectivity index (χ3n) is 5.15. The molecular weight excluding hydrogens is 356 g/mol. The second-order valence-corrected chi connectivity index (χ2v) is 7.84. The van der Waals surface area contributed by atoms with E-state index in [1.54, 1.807) is 24.3 Å². The number of benzene rings is 2. The molecule has 7 heteroatoms. The minimum atomic E-state index is -0.415. The third kappa shape index (κ3) is 4.24. The summed E-state index contributed by atoms with van der Waals surface area (Å²) < 4.78 is 0. The van der Waals surface area contributed by atoms with Crippen molar-refractivity contribution in [2.75, 3.05) is 29.0 Å². The molecule has 2 atom stereocenters. The number of nitrogen functional groups attached to an aromatic ring is 1. The highest BCUT2D eigenvalue weighted by Gasteiger charge is 2.28. The van der Waals surface area contributed by atoms with Crippen molar-refractivity contribution in [3.05, 3.63) is 57.6 Å². The first-order chi connectivity index (χ1) is 13.2. The van der Waals surface area contributed by atoms with Crippen molar-refractivity contribution in [3.63, 3.8) is 0 Å². The van der Waals surface area contributed by atoms with E-state index in [9.17, 15) is 14.9 Å². The molecule has 7 nitrogen and oxygen atoms in total. The fourth-order valence-electron chi connectivity index (χ4n) is 3.91. The number of anilines is 3. The molecule has 3 N–H and O–H groups in total. The fourth-order valence-corrected chi connectivity index (χ4v) is 3.91. The van der Waals surface area contributed by atoms with Gasteiger partial charge in [-0.25, -0.2) is 0 Å². The molecule has 1 aliphatic rings. The molecule has 2 aromatic carbocycles. The van der Waals surface area contributed by atoms with Gasteiger partial charge in [-0.3, -0.25) is 14.9 Å². The maximum absolute atomic E-state index is 12.7. The molecule has 0 radical (unpaired) electrons. The topological polar surface area (TPSA) is 102 Å². The SMILES string of the molecule is Cc1ccc(N)cc1NC(=O)c1ccc(N2CC(C)CC(C)C2)c([N+](=O)[O-])c1. The fraction of sp³-hybridized carbons (Fsp3) is 0.381. The monoisotopic (exact) mass is 382 g/mol. The summed E-state index contributed by atoms with van der Waals surface area (Å²) in [4.78, 5) is 26.0. The summed E-state index contributed by atoms with van der Waals surface area (Å²) in [5.41, 5.74) is 8.55. The Morgan fingerprint density at radius 1 is 1.18 bits per heavy atom. The van der Waals surface area contributed by atoms with E-state index in [4.69, 9.17) is 5.73 Å². The van der Waals surface area contributed by atoms with Crippen LogP contribution in [0.25, 0.3) is 0 Å². The van der Waals surface area contributed by atoms with E-state index < -0.39 is 10.8 Å². The Hall–Kier alpha value is -3.09. The molecule has 2 aromatic rings. The molecule has 0 bridgehead atoms. The van der Waals surface area contributed by atoms with Crippen LogP contribution in [0, 0.1) is 28.9 Å². The minimum absolute atomic E-state index is 0.0433. The minimum Gasteiger partial charge on any atom is -0.399 e. The van der Waals surface area contributed by atoms with Gasteiger partial charge in [0.25, 0.3) is 11.6 Å². The van der Waals surface area contributed by atoms with E-state index in [1.807, 2.05) is 13.0 Å². The van der Waals surface area contributed by atoms with Gasteiger partial charge in [-0.05, 0) is 55.0 Å². The zero-order valence-electron chi connectivity index (χ0n) is 16.4. The van der Waals surface area contributed by atoms with Crippen LogP contribution in [0.5, 0.6) is 0 Å². The Morgan fingerprint density at radius 2 is 1.86 bits per heavy atom. The largest absolute Gasteiger partial charge is 0.399 e. The lowest BCUT2D eigenvalue weighted by Crippen LogP contribution is -2.39. The maximum Gasteiger partial charge on any atom is 0.293 e. The summed E-state index contributed by atoms with van der Waals surface area (Å²) in [5.74, 6) is 0.541. The average Bonchev–Trinajstić information content (AvgIpc) is 2.63. The summed E-state index contributed by atoms with van der Waals surface area (Å²) in [6, 6.07) is 9.93. The second-order valence-electron chi connectivity index (χ2n) is 7.84. The second kappa shape index (κ2) is 7.88. The first-order valence-electron chi connectivity index (χ1n) is 9.45. The molecule has 28 heavy (non-hydrogen) atoms. The van der Waals surface area contributed by atoms with Crippen molar-refractivity contribution in [2.45, 2.75) is 27.2 Å². The highest BCUT2D eigenvalue weighted by atomic mass is 16.6. The first kappa shape index (κ1) is 19.7. The van der Waals surface area contributed by atoms with Gasteiger partial charge in [0, 0.05) is 36.1 Å². The number of piperidine rings is 1. The normalized spacial score (nSPS) is 19.3. The molecular formula is C21H26N4O3. The predicted molar refractivity (Wildman–Crippen MR) is 112 cm³/mol. The van der Waals surface area contributed by atoms with Crippen LogP contribution in [-0.2, 0) is 0 Å². The van der Waals surface area contributed by atoms with Crippen LogP contribution in [0.2, 0.25) is 0 Å². The lowest BCUT2D eigenvalue weighted by Gasteiger charge is -2.36. The number of amides is 1. The van der Waals surface area contributed by atoms with E-state index in [2.05, 4.69) is 24.1 Å². The number of rotatable bonds is 4. The number of nitro groups is 1. The maximum atomic E-state index is 12.7. The number of hydrogen-bond donors (Lipinski definition) is 2. The smallest absolute Gasteiger partial charge is 0.293 e. The van der Waals surface area contributed by atoms with E-state index >= 15 is 0 Å². The number of carbonyl (C=O) groups excluding carboxylic acids is 1. The van der Waals surface area contributed by atoms with E-state index in [1.165, 1.54) is 6.07 Å². The molecule has 3 rings (SSSR count). The summed E-state index contributed by atoms with van der Waals surface area (Å²) in [5, 5.41) is 14.5. The molecule has 1 aliphatic heterocycles. The Labute approximate surface area is 164 Å². The van der Waals surface area contributed by atoms with Crippen molar-refractivity contribution in [2.24, 2.45) is 11.8 Å². The van der Waals surface area contributed by atoms with Gasteiger partial charge in [0.1, 0.15) is 5.69 Å². The van der Waals surface area contributed by atoms with Crippen LogP contribution in [0.4, 0.5) is 22.7 Å². The Kier molecular flexibility index (Phi) is 5.53. The number of hydrogen-bond acceptors (Lipinski definition) is 5. The van der Waals surface area contributed by atoms with Crippen molar-refractivity contribution >= 4 is 28.7 Å². The van der Waals surface area contributed by atoms with Gasteiger partial charge < -0.3 is 16.0 Å². The zero-order valence-corrected chi connectivity index (χ0v) is 16.4. The van der Waals surface area contributed by atoms with Crippen LogP contribution in [0.3, 0.4) is 0 Å². The summed E-state index contributed by atoms with van der Waals surface area (Å²) in [7, 11) is 0. The molecule has 148 valence electrons. The number of nitrogens with two attached hydrogens (primary N) is 1. The first-order valence-corrected chi connectivity index (χ1v) is 9.45. The highest BCUT2D eigenvalue weighted by molar-refractivity contribution is 6.05. The van der Waals surface area contributed by atoms with E-state index in [-0.39, 0.29) is 11.3 Å². The molecule has 1 fully saturated rings. The van der Waals surface area contributed by atoms with Gasteiger partial charge in [-0.1, -0.05) is 19.9 Å². The molecule has 1 heterocycles. The number of carbonyl (C=O) groups is 1. The average molecular weight is 382 g/mol. The van der Waals surface area contributed by atoms with Gasteiger partial charge >= 0.3 is 0 Å². The number of aryl methyl sites for hydroxylation is 1. The van der Waals surface area contributed by atoms with Crippen molar-refractivity contribution in [1.29, 1.82) is 0 Å².